The van der Waals surface area contributed by atoms with Gasteiger partial charge in [0.05, 0.1) is 22.5 Å². The summed E-state index contributed by atoms with van der Waals surface area (Å²) in [4.78, 5) is 25.0. The van der Waals surface area contributed by atoms with E-state index in [1.165, 1.54) is 31.2 Å². The van der Waals surface area contributed by atoms with Gasteiger partial charge in [-0.15, -0.1) is 0 Å². The number of halogens is 3. The van der Waals surface area contributed by atoms with Crippen LogP contribution in [-0.2, 0) is 6.18 Å². The standard InChI is InChI=1S/C20H18F3N5O2/c1-11(25-26-18(29)13-6-8-15(24)9-7-13)17-12(2)27-28(19(17)30)16-5-3-4-14(10-16)20(21,22)23/h3-10,27H,24H2,1-2H3,(H,26,29)/b25-11-. The van der Waals surface area contributed by atoms with Crippen molar-refractivity contribution in [2.45, 2.75) is 20.0 Å². The minimum absolute atomic E-state index is 0.0304. The number of nitrogens with zero attached hydrogens (tertiary/aromatic N) is 2. The number of aryl methyl sites for hydroxylation is 1. The SMILES string of the molecule is C/C(=N/NC(=O)c1ccc(N)cc1)c1c(C)[nH]n(-c2cccc(C(F)(F)F)c2)c1=O. The molecule has 4 N–H and O–H groups in total. The summed E-state index contributed by atoms with van der Waals surface area (Å²) in [6, 6.07) is 10.6. The molecule has 0 fully saturated rings. The Bertz CT molecular complexity index is 1170. The third-order valence-electron chi connectivity index (χ3n) is 4.36. The molecular weight excluding hydrogens is 399 g/mol. The van der Waals surface area contributed by atoms with Crippen molar-refractivity contribution >= 4 is 17.3 Å². The molecule has 10 heteroatoms. The molecule has 7 nitrogen and oxygen atoms in total. The number of nitrogens with one attached hydrogen (secondary N) is 2. The maximum Gasteiger partial charge on any atom is 0.416 e. The number of benzene rings is 2. The highest BCUT2D eigenvalue weighted by Gasteiger charge is 2.30. The second-order valence-corrected chi connectivity index (χ2v) is 6.56. The van der Waals surface area contributed by atoms with E-state index in [0.717, 1.165) is 16.8 Å². The molecule has 0 spiro atoms. The first-order chi connectivity index (χ1) is 14.1. The van der Waals surface area contributed by atoms with E-state index in [0.29, 0.717) is 16.9 Å². The highest BCUT2D eigenvalue weighted by Crippen LogP contribution is 2.30. The predicted octanol–water partition coefficient (Wildman–Crippen LogP) is 3.23. The van der Waals surface area contributed by atoms with Gasteiger partial charge in [-0.1, -0.05) is 6.07 Å². The molecule has 0 radical (unpaired) electrons. The number of anilines is 1. The van der Waals surface area contributed by atoms with Gasteiger partial charge < -0.3 is 5.73 Å². The molecule has 0 saturated carbocycles. The number of aromatic nitrogens is 2. The molecule has 0 unspecified atom stereocenters. The number of hydrogen-bond donors (Lipinski definition) is 3. The first kappa shape index (κ1) is 20.9. The van der Waals surface area contributed by atoms with Crippen LogP contribution in [0.2, 0.25) is 0 Å². The molecule has 0 bridgehead atoms. The van der Waals surface area contributed by atoms with Gasteiger partial charge in [0.25, 0.3) is 11.5 Å². The fraction of sp³-hybridized carbons (Fsp3) is 0.150. The van der Waals surface area contributed by atoms with Crippen molar-refractivity contribution in [3.05, 3.63) is 81.3 Å². The number of nitrogen functional groups attached to an aromatic ring is 1. The average Bonchev–Trinajstić information content (AvgIpc) is 3.00. The van der Waals surface area contributed by atoms with Crippen LogP contribution in [0.4, 0.5) is 18.9 Å². The van der Waals surface area contributed by atoms with Crippen molar-refractivity contribution in [1.29, 1.82) is 0 Å². The number of carbonyl (C=O) groups is 1. The number of amides is 1. The highest BCUT2D eigenvalue weighted by molar-refractivity contribution is 6.01. The van der Waals surface area contributed by atoms with Crippen LogP contribution in [0.1, 0.15) is 34.1 Å². The van der Waals surface area contributed by atoms with Gasteiger partial charge in [0.2, 0.25) is 0 Å². The molecule has 0 aliphatic heterocycles. The minimum Gasteiger partial charge on any atom is -0.399 e. The van der Waals surface area contributed by atoms with Crippen molar-refractivity contribution in [2.24, 2.45) is 5.10 Å². The number of H-pyrrole nitrogens is 1. The van der Waals surface area contributed by atoms with Gasteiger partial charge >= 0.3 is 6.18 Å². The van der Waals surface area contributed by atoms with Crippen molar-refractivity contribution in [1.82, 2.24) is 15.2 Å². The van der Waals surface area contributed by atoms with Crippen LogP contribution in [-0.4, -0.2) is 21.4 Å². The lowest BCUT2D eigenvalue weighted by Gasteiger charge is -2.08. The Morgan fingerprint density at radius 1 is 1.17 bits per heavy atom. The van der Waals surface area contributed by atoms with Crippen LogP contribution >= 0.6 is 0 Å². The van der Waals surface area contributed by atoms with Gasteiger partial charge in [0, 0.05) is 16.9 Å². The Hall–Kier alpha value is -3.82. The Morgan fingerprint density at radius 2 is 1.83 bits per heavy atom. The van der Waals surface area contributed by atoms with Crippen LogP contribution in [0.25, 0.3) is 5.69 Å². The predicted molar refractivity (Wildman–Crippen MR) is 107 cm³/mol. The number of hydrazone groups is 1. The van der Waals surface area contributed by atoms with E-state index in [9.17, 15) is 22.8 Å². The lowest BCUT2D eigenvalue weighted by molar-refractivity contribution is -0.137. The van der Waals surface area contributed by atoms with E-state index < -0.39 is 23.2 Å². The molecule has 2 aromatic carbocycles. The van der Waals surface area contributed by atoms with Gasteiger partial charge in [-0.3, -0.25) is 14.7 Å². The third kappa shape index (κ3) is 4.27. The molecule has 0 aliphatic carbocycles. The van der Waals surface area contributed by atoms with Crippen LogP contribution in [0.15, 0.2) is 58.4 Å². The molecular formula is C20H18F3N5O2. The van der Waals surface area contributed by atoms with Gasteiger partial charge in [0.1, 0.15) is 0 Å². The van der Waals surface area contributed by atoms with E-state index in [1.54, 1.807) is 19.1 Å². The molecule has 0 saturated heterocycles. The maximum atomic E-state index is 13.0. The van der Waals surface area contributed by atoms with E-state index in [-0.39, 0.29) is 17.0 Å². The Labute approximate surface area is 169 Å². The number of rotatable bonds is 4. The first-order valence-electron chi connectivity index (χ1n) is 8.77. The van der Waals surface area contributed by atoms with Crippen molar-refractivity contribution in [3.8, 4) is 5.69 Å². The molecule has 3 aromatic rings. The average molecular weight is 417 g/mol. The van der Waals surface area contributed by atoms with Crippen molar-refractivity contribution in [3.63, 3.8) is 0 Å². The quantitative estimate of drug-likeness (QED) is 0.345. The Morgan fingerprint density at radius 3 is 2.47 bits per heavy atom. The first-order valence-corrected chi connectivity index (χ1v) is 8.77. The van der Waals surface area contributed by atoms with Crippen LogP contribution in [0, 0.1) is 6.92 Å². The number of hydrogen-bond acceptors (Lipinski definition) is 4. The molecule has 1 heterocycles. The van der Waals surface area contributed by atoms with Gasteiger partial charge in [-0.05, 0) is 56.3 Å². The third-order valence-corrected chi connectivity index (χ3v) is 4.36. The summed E-state index contributed by atoms with van der Waals surface area (Å²) < 4.78 is 39.9. The van der Waals surface area contributed by atoms with Crippen molar-refractivity contribution < 1.29 is 18.0 Å². The molecule has 0 aliphatic rings. The van der Waals surface area contributed by atoms with E-state index in [4.69, 9.17) is 5.73 Å². The summed E-state index contributed by atoms with van der Waals surface area (Å²) in [5, 5.41) is 6.69. The Kier molecular flexibility index (Phi) is 5.50. The molecule has 3 rings (SSSR count). The summed E-state index contributed by atoms with van der Waals surface area (Å²) in [5.74, 6) is -0.499. The van der Waals surface area contributed by atoms with Gasteiger partial charge in [-0.2, -0.15) is 18.3 Å². The summed E-state index contributed by atoms with van der Waals surface area (Å²) >= 11 is 0. The molecule has 156 valence electrons. The van der Waals surface area contributed by atoms with Crippen LogP contribution < -0.4 is 16.7 Å². The lowest BCUT2D eigenvalue weighted by Crippen LogP contribution is -2.23. The van der Waals surface area contributed by atoms with E-state index in [2.05, 4.69) is 15.6 Å². The molecule has 30 heavy (non-hydrogen) atoms. The summed E-state index contributed by atoms with van der Waals surface area (Å²) in [5.41, 5.74) is 8.06. The van der Waals surface area contributed by atoms with Gasteiger partial charge in [0.15, 0.2) is 0 Å². The smallest absolute Gasteiger partial charge is 0.399 e. The summed E-state index contributed by atoms with van der Waals surface area (Å²) in [6.45, 7) is 3.10. The number of carbonyl (C=O) groups excluding carboxylic acids is 1. The highest BCUT2D eigenvalue weighted by atomic mass is 19.4. The summed E-state index contributed by atoms with van der Waals surface area (Å²) in [7, 11) is 0. The Balaban J connectivity index is 1.90. The maximum absolute atomic E-state index is 13.0. The van der Waals surface area contributed by atoms with Crippen molar-refractivity contribution in [2.75, 3.05) is 5.73 Å². The largest absolute Gasteiger partial charge is 0.416 e. The van der Waals surface area contributed by atoms with E-state index >= 15 is 0 Å². The second-order valence-electron chi connectivity index (χ2n) is 6.56. The van der Waals surface area contributed by atoms with Crippen LogP contribution in [0.5, 0.6) is 0 Å². The zero-order valence-corrected chi connectivity index (χ0v) is 16.0. The number of nitrogens with two attached hydrogens (primary N) is 1. The monoisotopic (exact) mass is 417 g/mol. The van der Waals surface area contributed by atoms with E-state index in [1.807, 2.05) is 0 Å². The van der Waals surface area contributed by atoms with Crippen LogP contribution in [0.3, 0.4) is 0 Å². The fourth-order valence-corrected chi connectivity index (χ4v) is 2.87. The minimum atomic E-state index is -4.53. The zero-order valence-electron chi connectivity index (χ0n) is 16.0. The molecule has 0 atom stereocenters. The number of alkyl halides is 3. The fourth-order valence-electron chi connectivity index (χ4n) is 2.87. The topological polar surface area (TPSA) is 105 Å². The zero-order chi connectivity index (χ0) is 22.1. The molecule has 1 amide bonds. The molecule has 1 aromatic heterocycles. The second kappa shape index (κ2) is 7.90. The summed E-state index contributed by atoms with van der Waals surface area (Å²) in [6.07, 6.45) is -4.53. The number of aromatic amines is 1. The van der Waals surface area contributed by atoms with Gasteiger partial charge in [-0.25, -0.2) is 10.1 Å². The lowest BCUT2D eigenvalue weighted by atomic mass is 10.1. The normalized spacial score (nSPS) is 12.1.